The van der Waals surface area contributed by atoms with Crippen LogP contribution in [0.25, 0.3) is 11.3 Å². The topological polar surface area (TPSA) is 106 Å². The van der Waals surface area contributed by atoms with E-state index in [0.717, 1.165) is 61.5 Å². The number of hydrogen-bond donors (Lipinski definition) is 2. The highest BCUT2D eigenvalue weighted by atomic mass is 16.6. The normalized spacial score (nSPS) is 21.9. The molecular formula is C30H39N5O4. The van der Waals surface area contributed by atoms with Crippen molar-refractivity contribution < 1.29 is 14.1 Å². The largest absolute Gasteiger partial charge is 0.488 e. The van der Waals surface area contributed by atoms with Crippen molar-refractivity contribution in [3.05, 3.63) is 64.8 Å². The van der Waals surface area contributed by atoms with Crippen molar-refractivity contribution in [1.82, 2.24) is 10.3 Å². The van der Waals surface area contributed by atoms with Crippen LogP contribution in [0, 0.1) is 10.1 Å². The van der Waals surface area contributed by atoms with Gasteiger partial charge in [-0.05, 0) is 82.9 Å². The average Bonchev–Trinajstić information content (AvgIpc) is 3.38. The zero-order chi connectivity index (χ0) is 27.4. The van der Waals surface area contributed by atoms with Crippen molar-refractivity contribution in [2.45, 2.75) is 83.0 Å². The van der Waals surface area contributed by atoms with Gasteiger partial charge in [-0.15, -0.1) is 0 Å². The summed E-state index contributed by atoms with van der Waals surface area (Å²) in [6.07, 6.45) is 8.53. The fourth-order valence-electron chi connectivity index (χ4n) is 5.61. The molecule has 1 saturated carbocycles. The van der Waals surface area contributed by atoms with Gasteiger partial charge < -0.3 is 24.7 Å². The minimum absolute atomic E-state index is 0.128. The molecule has 2 aromatic carbocycles. The first-order valence-corrected chi connectivity index (χ1v) is 14.0. The molecular weight excluding hydrogens is 494 g/mol. The molecule has 2 N–H and O–H groups in total. The second-order valence-corrected chi connectivity index (χ2v) is 11.6. The maximum Gasteiger partial charge on any atom is 0.295 e. The van der Waals surface area contributed by atoms with E-state index in [0.29, 0.717) is 18.1 Å². The van der Waals surface area contributed by atoms with Crippen LogP contribution in [-0.4, -0.2) is 46.7 Å². The van der Waals surface area contributed by atoms with E-state index in [1.54, 1.807) is 18.3 Å². The van der Waals surface area contributed by atoms with Crippen molar-refractivity contribution in [3.8, 4) is 17.1 Å². The Labute approximate surface area is 230 Å². The number of ether oxygens (including phenoxy) is 1. The lowest BCUT2D eigenvalue weighted by Crippen LogP contribution is -2.54. The highest BCUT2D eigenvalue weighted by molar-refractivity contribution is 5.58. The smallest absolute Gasteiger partial charge is 0.295 e. The molecule has 1 aromatic heterocycles. The number of aromatic nitrogens is 1. The Morgan fingerprint density at radius 1 is 1.00 bits per heavy atom. The number of hydrogen-bond acceptors (Lipinski definition) is 8. The molecule has 3 atom stereocenters. The van der Waals surface area contributed by atoms with Gasteiger partial charge in [-0.2, -0.15) is 0 Å². The highest BCUT2D eigenvalue weighted by Gasteiger charge is 2.30. The van der Waals surface area contributed by atoms with Crippen LogP contribution in [0.1, 0.15) is 59.3 Å². The van der Waals surface area contributed by atoms with E-state index in [1.165, 1.54) is 12.8 Å². The number of benzene rings is 2. The molecule has 0 bridgehead atoms. The van der Waals surface area contributed by atoms with Crippen molar-refractivity contribution >= 4 is 17.4 Å². The first-order valence-electron chi connectivity index (χ1n) is 14.0. The van der Waals surface area contributed by atoms with E-state index in [4.69, 9.17) is 9.15 Å². The van der Waals surface area contributed by atoms with Crippen molar-refractivity contribution in [2.75, 3.05) is 23.3 Å². The van der Waals surface area contributed by atoms with Crippen LogP contribution in [0.3, 0.4) is 0 Å². The number of anilines is 2. The quantitative estimate of drug-likeness (QED) is 0.253. The van der Waals surface area contributed by atoms with Crippen LogP contribution >= 0.6 is 0 Å². The molecule has 2 heterocycles. The maximum absolute atomic E-state index is 11.0. The average molecular weight is 534 g/mol. The van der Waals surface area contributed by atoms with Gasteiger partial charge in [0.2, 0.25) is 0 Å². The molecule has 0 radical (unpaired) electrons. The molecule has 2 fully saturated rings. The van der Waals surface area contributed by atoms with Crippen LogP contribution in [0.5, 0.6) is 5.75 Å². The lowest BCUT2D eigenvalue weighted by Gasteiger charge is -2.40. The van der Waals surface area contributed by atoms with E-state index >= 15 is 0 Å². The molecule has 2 unspecified atom stereocenters. The Balaban J connectivity index is 1.19. The second-order valence-electron chi connectivity index (χ2n) is 11.6. The summed E-state index contributed by atoms with van der Waals surface area (Å²) in [4.78, 5) is 17.5. The summed E-state index contributed by atoms with van der Waals surface area (Å²) in [7, 11) is 0. The van der Waals surface area contributed by atoms with Gasteiger partial charge in [0.05, 0.1) is 11.1 Å². The lowest BCUT2D eigenvalue weighted by atomic mass is 9.89. The minimum Gasteiger partial charge on any atom is -0.488 e. The van der Waals surface area contributed by atoms with Gasteiger partial charge in [0.15, 0.2) is 5.76 Å². The third-order valence-electron chi connectivity index (χ3n) is 7.44. The Hall–Kier alpha value is -3.59. The monoisotopic (exact) mass is 533 g/mol. The Morgan fingerprint density at radius 3 is 2.41 bits per heavy atom. The Morgan fingerprint density at radius 2 is 1.72 bits per heavy atom. The fourth-order valence-corrected chi connectivity index (χ4v) is 5.61. The van der Waals surface area contributed by atoms with Crippen LogP contribution in [-0.2, 0) is 0 Å². The van der Waals surface area contributed by atoms with Gasteiger partial charge in [0, 0.05) is 54.6 Å². The van der Waals surface area contributed by atoms with Gasteiger partial charge >= 0.3 is 0 Å². The van der Waals surface area contributed by atoms with E-state index in [9.17, 15) is 10.1 Å². The third kappa shape index (κ3) is 7.09. The summed E-state index contributed by atoms with van der Waals surface area (Å²) in [5.74, 6) is 1.56. The number of non-ortho nitro benzene ring substituents is 1. The van der Waals surface area contributed by atoms with E-state index in [2.05, 4.69) is 20.5 Å². The van der Waals surface area contributed by atoms with Crippen molar-refractivity contribution in [2.24, 2.45) is 0 Å². The summed E-state index contributed by atoms with van der Waals surface area (Å²) >= 11 is 0. The Bertz CT molecular complexity index is 1240. The number of nitrogens with one attached hydrogen (secondary N) is 2. The van der Waals surface area contributed by atoms with Crippen molar-refractivity contribution in [3.63, 3.8) is 0 Å². The molecule has 1 aliphatic carbocycles. The van der Waals surface area contributed by atoms with E-state index in [-0.39, 0.29) is 22.3 Å². The molecule has 0 amide bonds. The van der Waals surface area contributed by atoms with Gasteiger partial charge in [0.1, 0.15) is 11.4 Å². The predicted octanol–water partition coefficient (Wildman–Crippen LogP) is 6.41. The fraction of sp³-hybridized carbons (Fsp3) is 0.500. The number of piperidine rings is 1. The van der Waals surface area contributed by atoms with Crippen LogP contribution in [0.2, 0.25) is 0 Å². The molecule has 39 heavy (non-hydrogen) atoms. The SMILES string of the molecule is CC(C)(C)Oc1ccc(-c2cnc(NC3CCCCC3N[C@H]3CCCN(c4ccc([N+](=O)[O-])cc4)C3)o2)cc1. The van der Waals surface area contributed by atoms with Crippen LogP contribution in [0.4, 0.5) is 17.4 Å². The van der Waals surface area contributed by atoms with Gasteiger partial charge in [0.25, 0.3) is 11.7 Å². The number of nitro benzene ring substituents is 1. The third-order valence-corrected chi connectivity index (χ3v) is 7.44. The molecule has 9 nitrogen and oxygen atoms in total. The van der Waals surface area contributed by atoms with E-state index in [1.807, 2.05) is 57.2 Å². The summed E-state index contributed by atoms with van der Waals surface area (Å²) in [6.45, 7) is 7.95. The molecule has 1 saturated heterocycles. The maximum atomic E-state index is 11.0. The number of nitrogens with zero attached hydrogens (tertiary/aromatic N) is 3. The molecule has 1 aliphatic heterocycles. The van der Waals surface area contributed by atoms with Gasteiger partial charge in [-0.1, -0.05) is 12.8 Å². The minimum atomic E-state index is -0.351. The summed E-state index contributed by atoms with van der Waals surface area (Å²) < 4.78 is 12.0. The molecule has 5 rings (SSSR count). The van der Waals surface area contributed by atoms with Crippen molar-refractivity contribution in [1.29, 1.82) is 0 Å². The molecule has 3 aromatic rings. The number of oxazole rings is 1. The summed E-state index contributed by atoms with van der Waals surface area (Å²) in [6, 6.07) is 16.3. The van der Waals surface area contributed by atoms with Crippen LogP contribution in [0.15, 0.2) is 59.1 Å². The first-order chi connectivity index (χ1) is 18.7. The van der Waals surface area contributed by atoms with Gasteiger partial charge in [-0.3, -0.25) is 10.1 Å². The molecule has 208 valence electrons. The van der Waals surface area contributed by atoms with E-state index < -0.39 is 0 Å². The molecule has 9 heteroatoms. The first kappa shape index (κ1) is 27.0. The van der Waals surface area contributed by atoms with Crippen LogP contribution < -0.4 is 20.3 Å². The molecule has 0 spiro atoms. The summed E-state index contributed by atoms with van der Waals surface area (Å²) in [5.41, 5.74) is 1.89. The second kappa shape index (κ2) is 11.7. The number of rotatable bonds is 8. The summed E-state index contributed by atoms with van der Waals surface area (Å²) in [5, 5.41) is 18.5. The standard InChI is InChI=1S/C30H39N5O4/c1-30(2,3)39-25-16-10-21(11-17-25)28-19-31-29(38-28)33-27-9-5-4-8-26(27)32-22-7-6-18-34(20-22)23-12-14-24(15-13-23)35(36)37/h10-17,19,22,26-27,32H,4-9,18,20H2,1-3H3,(H,31,33)/t22-,26?,27?/m0/s1. The van der Waals surface area contributed by atoms with Gasteiger partial charge in [-0.25, -0.2) is 4.98 Å². The zero-order valence-electron chi connectivity index (χ0n) is 23.1. The number of nitro groups is 1. The highest BCUT2D eigenvalue weighted by Crippen LogP contribution is 2.29. The zero-order valence-corrected chi connectivity index (χ0v) is 23.1. The Kier molecular flexibility index (Phi) is 8.07. The lowest BCUT2D eigenvalue weighted by molar-refractivity contribution is -0.384. The molecule has 2 aliphatic rings. The predicted molar refractivity (Wildman–Crippen MR) is 153 cm³/mol.